The van der Waals surface area contributed by atoms with Crippen molar-refractivity contribution < 1.29 is 14.6 Å². The van der Waals surface area contributed by atoms with E-state index in [-0.39, 0.29) is 5.56 Å². The molecule has 0 atom stereocenters. The Kier molecular flexibility index (Phi) is 3.50. The minimum absolute atomic E-state index is 0.156. The van der Waals surface area contributed by atoms with Gasteiger partial charge < -0.3 is 21.0 Å². The van der Waals surface area contributed by atoms with Gasteiger partial charge in [-0.05, 0) is 18.2 Å². The number of rotatable bonds is 4. The van der Waals surface area contributed by atoms with Crippen LogP contribution in [-0.4, -0.2) is 24.5 Å². The lowest BCUT2D eigenvalue weighted by Crippen LogP contribution is -2.03. The Hall–Kier alpha value is -2.24. The molecule has 4 N–H and O–H groups in total. The van der Waals surface area contributed by atoms with Crippen LogP contribution in [0.2, 0.25) is 0 Å². The van der Waals surface area contributed by atoms with E-state index in [1.165, 1.54) is 25.6 Å². The second kappa shape index (κ2) is 4.85. The largest absolute Gasteiger partial charge is 0.495 e. The molecule has 0 amide bonds. The van der Waals surface area contributed by atoms with E-state index in [2.05, 4.69) is 10.4 Å². The number of aromatic carboxylic acids is 1. The summed E-state index contributed by atoms with van der Waals surface area (Å²) in [5.74, 6) is 4.42. The summed E-state index contributed by atoms with van der Waals surface area (Å²) in [7, 11) is 1.49. The number of anilines is 1. The van der Waals surface area contributed by atoms with E-state index in [1.54, 1.807) is 6.07 Å². The molecule has 0 radical (unpaired) electrons. The number of nitrogens with zero attached hydrogens (tertiary/aromatic N) is 1. The Morgan fingerprint density at radius 2 is 2.40 bits per heavy atom. The molecule has 1 aromatic rings. The summed E-state index contributed by atoms with van der Waals surface area (Å²) in [5.41, 5.74) is 0.648. The molecule has 0 aliphatic carbocycles. The van der Waals surface area contributed by atoms with Crippen LogP contribution in [0.3, 0.4) is 0 Å². The van der Waals surface area contributed by atoms with Crippen LogP contribution in [0.4, 0.5) is 5.69 Å². The van der Waals surface area contributed by atoms with Crippen molar-refractivity contribution >= 4 is 18.0 Å². The lowest BCUT2D eigenvalue weighted by molar-refractivity contribution is 0.0697. The Morgan fingerprint density at radius 1 is 1.67 bits per heavy atom. The molecular formula is C9H11N3O3. The van der Waals surface area contributed by atoms with E-state index in [9.17, 15) is 4.79 Å². The minimum Gasteiger partial charge on any atom is -0.495 e. The highest BCUT2D eigenvalue weighted by atomic mass is 16.5. The summed E-state index contributed by atoms with van der Waals surface area (Å²) in [6.07, 6.45) is 1.24. The van der Waals surface area contributed by atoms with E-state index in [4.69, 9.17) is 15.7 Å². The van der Waals surface area contributed by atoms with Gasteiger partial charge in [-0.1, -0.05) is 0 Å². The lowest BCUT2D eigenvalue weighted by atomic mass is 10.2. The third-order valence-corrected chi connectivity index (χ3v) is 1.74. The first kappa shape index (κ1) is 10.8. The second-order valence-electron chi connectivity index (χ2n) is 2.64. The fourth-order valence-electron chi connectivity index (χ4n) is 1.06. The highest BCUT2D eigenvalue weighted by molar-refractivity contribution is 5.91. The molecule has 0 spiro atoms. The van der Waals surface area contributed by atoms with Crippen molar-refractivity contribution in [3.63, 3.8) is 0 Å². The molecule has 1 rings (SSSR count). The molecule has 0 bridgehead atoms. The molecule has 15 heavy (non-hydrogen) atoms. The van der Waals surface area contributed by atoms with Crippen molar-refractivity contribution in [2.24, 2.45) is 10.9 Å². The van der Waals surface area contributed by atoms with Crippen LogP contribution in [0, 0.1) is 0 Å². The Labute approximate surface area is 86.4 Å². The fourth-order valence-corrected chi connectivity index (χ4v) is 1.06. The molecule has 0 aliphatic rings. The molecule has 0 heterocycles. The van der Waals surface area contributed by atoms with Crippen LogP contribution in [-0.2, 0) is 0 Å². The first-order valence-corrected chi connectivity index (χ1v) is 4.08. The highest BCUT2D eigenvalue weighted by Gasteiger charge is 2.07. The third-order valence-electron chi connectivity index (χ3n) is 1.74. The third kappa shape index (κ3) is 2.60. The monoisotopic (exact) mass is 209 g/mol. The number of nitrogens with two attached hydrogens (primary N) is 1. The molecular weight excluding hydrogens is 198 g/mol. The maximum absolute atomic E-state index is 10.7. The van der Waals surface area contributed by atoms with Gasteiger partial charge >= 0.3 is 5.97 Å². The molecule has 0 saturated carbocycles. The summed E-state index contributed by atoms with van der Waals surface area (Å²) in [6.45, 7) is 0. The smallest absolute Gasteiger partial charge is 0.335 e. The number of carboxylic acid groups (broad SMARTS) is 1. The van der Waals surface area contributed by atoms with Crippen molar-refractivity contribution in [3.8, 4) is 5.75 Å². The molecule has 0 saturated heterocycles. The van der Waals surface area contributed by atoms with Crippen LogP contribution < -0.4 is 15.9 Å². The highest BCUT2D eigenvalue weighted by Crippen LogP contribution is 2.24. The number of carbonyl (C=O) groups is 1. The van der Waals surface area contributed by atoms with E-state index in [1.807, 2.05) is 0 Å². The average Bonchev–Trinajstić information content (AvgIpc) is 2.25. The molecule has 0 aliphatic heterocycles. The fraction of sp³-hybridized carbons (Fsp3) is 0.111. The zero-order valence-electron chi connectivity index (χ0n) is 8.10. The Balaban J connectivity index is 3.07. The predicted molar refractivity (Wildman–Crippen MR) is 56.3 cm³/mol. The summed E-state index contributed by atoms with van der Waals surface area (Å²) >= 11 is 0. The first-order valence-electron chi connectivity index (χ1n) is 4.08. The van der Waals surface area contributed by atoms with Gasteiger partial charge in [0.05, 0.1) is 18.4 Å². The van der Waals surface area contributed by atoms with Gasteiger partial charge in [0, 0.05) is 0 Å². The zero-order valence-corrected chi connectivity index (χ0v) is 8.10. The van der Waals surface area contributed by atoms with Gasteiger partial charge in [-0.25, -0.2) is 4.79 Å². The molecule has 0 unspecified atom stereocenters. The van der Waals surface area contributed by atoms with Gasteiger partial charge in [0.1, 0.15) is 12.1 Å². The van der Waals surface area contributed by atoms with E-state index in [0.717, 1.165) is 0 Å². The SMILES string of the molecule is COc1ccc(C(=O)O)cc1N/C=N\N. The summed E-state index contributed by atoms with van der Waals surface area (Å²) < 4.78 is 5.02. The quantitative estimate of drug-likeness (QED) is 0.293. The number of benzene rings is 1. The van der Waals surface area contributed by atoms with E-state index >= 15 is 0 Å². The van der Waals surface area contributed by atoms with Crippen molar-refractivity contribution in [1.82, 2.24) is 0 Å². The van der Waals surface area contributed by atoms with Crippen molar-refractivity contribution in [2.75, 3.05) is 12.4 Å². The Morgan fingerprint density at radius 3 is 2.93 bits per heavy atom. The van der Waals surface area contributed by atoms with Crippen LogP contribution in [0.1, 0.15) is 10.4 Å². The normalized spacial score (nSPS) is 10.2. The maximum Gasteiger partial charge on any atom is 0.335 e. The van der Waals surface area contributed by atoms with Gasteiger partial charge in [-0.15, -0.1) is 0 Å². The summed E-state index contributed by atoms with van der Waals surface area (Å²) in [6, 6.07) is 4.44. The number of ether oxygens (including phenoxy) is 1. The number of carboxylic acids is 1. The van der Waals surface area contributed by atoms with Gasteiger partial charge in [0.2, 0.25) is 0 Å². The predicted octanol–water partition coefficient (Wildman–Crippen LogP) is 0.707. The van der Waals surface area contributed by atoms with Crippen molar-refractivity contribution in [2.45, 2.75) is 0 Å². The van der Waals surface area contributed by atoms with Crippen LogP contribution in [0.5, 0.6) is 5.75 Å². The first-order chi connectivity index (χ1) is 7.19. The number of methoxy groups -OCH3 is 1. The molecule has 6 heteroatoms. The average molecular weight is 209 g/mol. The molecule has 1 aromatic carbocycles. The van der Waals surface area contributed by atoms with Gasteiger partial charge in [0.15, 0.2) is 0 Å². The van der Waals surface area contributed by atoms with Gasteiger partial charge in [0.25, 0.3) is 0 Å². The van der Waals surface area contributed by atoms with Crippen molar-refractivity contribution in [1.29, 1.82) is 0 Å². The number of hydrogen-bond donors (Lipinski definition) is 3. The van der Waals surface area contributed by atoms with Gasteiger partial charge in [-0.3, -0.25) is 0 Å². The summed E-state index contributed by atoms with van der Waals surface area (Å²) in [5, 5.41) is 14.7. The Bertz CT molecular complexity index is 390. The van der Waals surface area contributed by atoms with Crippen LogP contribution >= 0.6 is 0 Å². The van der Waals surface area contributed by atoms with Gasteiger partial charge in [-0.2, -0.15) is 5.10 Å². The molecule has 80 valence electrons. The number of hydrogen-bond acceptors (Lipinski definition) is 4. The molecule has 0 fully saturated rings. The van der Waals surface area contributed by atoms with E-state index in [0.29, 0.717) is 11.4 Å². The van der Waals surface area contributed by atoms with Crippen molar-refractivity contribution in [3.05, 3.63) is 23.8 Å². The molecule has 6 nitrogen and oxygen atoms in total. The number of nitrogens with one attached hydrogen (secondary N) is 1. The second-order valence-corrected chi connectivity index (χ2v) is 2.64. The topological polar surface area (TPSA) is 96.9 Å². The molecule has 0 aromatic heterocycles. The minimum atomic E-state index is -1.01. The zero-order chi connectivity index (χ0) is 11.3. The van der Waals surface area contributed by atoms with Crippen LogP contribution in [0.15, 0.2) is 23.3 Å². The summed E-state index contributed by atoms with van der Waals surface area (Å²) in [4.78, 5) is 10.7. The number of hydrazone groups is 1. The maximum atomic E-state index is 10.7. The standard InChI is InChI=1S/C9H11N3O3/c1-15-8-3-2-6(9(13)14)4-7(8)11-5-12-10/h2-5H,10H2,1H3,(H,11,12)(H,13,14). The van der Waals surface area contributed by atoms with E-state index < -0.39 is 5.97 Å². The lowest BCUT2D eigenvalue weighted by Gasteiger charge is -2.08. The van der Waals surface area contributed by atoms with Crippen LogP contribution in [0.25, 0.3) is 0 Å².